The number of hydrogen-bond donors (Lipinski definition) is 2. The van der Waals surface area contributed by atoms with Crippen molar-refractivity contribution in [3.05, 3.63) is 41.7 Å². The fourth-order valence-electron chi connectivity index (χ4n) is 1.68. The monoisotopic (exact) mass is 328 g/mol. The van der Waals surface area contributed by atoms with Crippen molar-refractivity contribution in [2.45, 2.75) is 19.7 Å². The smallest absolute Gasteiger partial charge is 0.376 e. The number of carbonyl (C=O) groups excluding carboxylic acids is 1. The van der Waals surface area contributed by atoms with Crippen LogP contribution in [0.3, 0.4) is 0 Å². The van der Waals surface area contributed by atoms with E-state index in [4.69, 9.17) is 4.74 Å². The highest BCUT2D eigenvalue weighted by Gasteiger charge is 2.35. The third-order valence-electron chi connectivity index (χ3n) is 2.92. The molecule has 0 saturated carbocycles. The summed E-state index contributed by atoms with van der Waals surface area (Å²) in [5, 5.41) is 7.24. The quantitative estimate of drug-likeness (QED) is 0.854. The molecule has 1 amide bonds. The van der Waals surface area contributed by atoms with Gasteiger partial charge in [0, 0.05) is 0 Å². The lowest BCUT2D eigenvalue weighted by Gasteiger charge is -2.11. The average Bonchev–Trinajstić information content (AvgIpc) is 2.97. The third-order valence-corrected chi connectivity index (χ3v) is 2.92. The number of aromatic nitrogens is 3. The second-order valence-corrected chi connectivity index (χ2v) is 4.90. The van der Waals surface area contributed by atoms with Gasteiger partial charge in [-0.15, -0.1) is 5.10 Å². The van der Waals surface area contributed by atoms with Gasteiger partial charge in [0.15, 0.2) is 0 Å². The average molecular weight is 328 g/mol. The standard InChI is InChI=1S/C14H15F3N4O2/c1-9(7-23-8-10-5-3-2-4-6-10)11(22)18-13-19-12(20-21-13)14(15,16)17/h2-6,9H,7-8H2,1H3,(H2,18,19,20,21,22)/t9-/m0/s1. The van der Waals surface area contributed by atoms with Gasteiger partial charge in [-0.1, -0.05) is 37.3 Å². The zero-order chi connectivity index (χ0) is 16.9. The Kier molecular flexibility index (Phi) is 5.32. The van der Waals surface area contributed by atoms with Crippen LogP contribution in [0.2, 0.25) is 0 Å². The Morgan fingerprint density at radius 2 is 2.04 bits per heavy atom. The molecule has 9 heteroatoms. The van der Waals surface area contributed by atoms with Crippen LogP contribution in [0.5, 0.6) is 0 Å². The van der Waals surface area contributed by atoms with Gasteiger partial charge in [-0.3, -0.25) is 15.2 Å². The Balaban J connectivity index is 1.79. The summed E-state index contributed by atoms with van der Waals surface area (Å²) in [7, 11) is 0. The summed E-state index contributed by atoms with van der Waals surface area (Å²) in [6, 6.07) is 9.40. The fraction of sp³-hybridized carbons (Fsp3) is 0.357. The summed E-state index contributed by atoms with van der Waals surface area (Å²) in [5.74, 6) is -2.77. The van der Waals surface area contributed by atoms with Crippen molar-refractivity contribution in [3.8, 4) is 0 Å². The lowest BCUT2D eigenvalue weighted by atomic mass is 10.2. The third kappa shape index (κ3) is 5.06. The summed E-state index contributed by atoms with van der Waals surface area (Å²) >= 11 is 0. The zero-order valence-corrected chi connectivity index (χ0v) is 12.2. The Labute approximate surface area is 130 Å². The number of rotatable bonds is 6. The van der Waals surface area contributed by atoms with Crippen molar-refractivity contribution >= 4 is 11.9 Å². The van der Waals surface area contributed by atoms with Crippen molar-refractivity contribution in [1.29, 1.82) is 0 Å². The molecule has 0 fully saturated rings. The highest BCUT2D eigenvalue weighted by molar-refractivity contribution is 5.90. The molecule has 0 aliphatic rings. The van der Waals surface area contributed by atoms with Crippen LogP contribution in [0.1, 0.15) is 18.3 Å². The number of hydrogen-bond acceptors (Lipinski definition) is 4. The largest absolute Gasteiger partial charge is 0.451 e. The minimum atomic E-state index is -4.64. The van der Waals surface area contributed by atoms with Crippen molar-refractivity contribution in [3.63, 3.8) is 0 Å². The summed E-state index contributed by atoms with van der Waals surface area (Å²) in [4.78, 5) is 15.0. The van der Waals surface area contributed by atoms with Crippen molar-refractivity contribution in [1.82, 2.24) is 15.2 Å². The molecule has 2 rings (SSSR count). The molecule has 0 bridgehead atoms. The van der Waals surface area contributed by atoms with E-state index in [-0.39, 0.29) is 6.61 Å². The maximum absolute atomic E-state index is 12.4. The number of amides is 1. The highest BCUT2D eigenvalue weighted by atomic mass is 19.4. The Morgan fingerprint density at radius 1 is 1.35 bits per heavy atom. The molecule has 124 valence electrons. The number of anilines is 1. The summed E-state index contributed by atoms with van der Waals surface area (Å²) < 4.78 is 42.5. The number of benzene rings is 1. The first-order valence-corrected chi connectivity index (χ1v) is 6.78. The number of alkyl halides is 3. The van der Waals surface area contributed by atoms with E-state index in [1.165, 1.54) is 0 Å². The van der Waals surface area contributed by atoms with Gasteiger partial charge in [0.05, 0.1) is 19.1 Å². The number of aromatic amines is 1. The molecule has 0 spiro atoms. The van der Waals surface area contributed by atoms with Gasteiger partial charge in [0.2, 0.25) is 17.7 Å². The molecule has 0 unspecified atom stereocenters. The van der Waals surface area contributed by atoms with Crippen LogP contribution in [0, 0.1) is 5.92 Å². The number of halogens is 3. The molecule has 1 heterocycles. The summed E-state index contributed by atoms with van der Waals surface area (Å²) in [6.45, 7) is 2.06. The summed E-state index contributed by atoms with van der Waals surface area (Å²) in [6.07, 6.45) is -4.64. The number of nitrogens with one attached hydrogen (secondary N) is 2. The topological polar surface area (TPSA) is 79.9 Å². The second-order valence-electron chi connectivity index (χ2n) is 4.90. The molecule has 6 nitrogen and oxygen atoms in total. The second kappa shape index (κ2) is 7.23. The minimum Gasteiger partial charge on any atom is -0.376 e. The fourth-order valence-corrected chi connectivity index (χ4v) is 1.68. The van der Waals surface area contributed by atoms with Gasteiger partial charge in [0.1, 0.15) is 0 Å². The van der Waals surface area contributed by atoms with E-state index in [1.54, 1.807) is 12.0 Å². The highest BCUT2D eigenvalue weighted by Crippen LogP contribution is 2.26. The van der Waals surface area contributed by atoms with Crippen LogP contribution < -0.4 is 5.32 Å². The van der Waals surface area contributed by atoms with Gasteiger partial charge in [0.25, 0.3) is 0 Å². The van der Waals surface area contributed by atoms with Gasteiger partial charge in [-0.2, -0.15) is 18.2 Å². The van der Waals surface area contributed by atoms with Crippen LogP contribution in [0.25, 0.3) is 0 Å². The van der Waals surface area contributed by atoms with Crippen molar-refractivity contribution in [2.75, 3.05) is 11.9 Å². The molecular formula is C14H15F3N4O2. The maximum atomic E-state index is 12.4. The maximum Gasteiger partial charge on any atom is 0.451 e. The number of nitrogens with zero attached hydrogens (tertiary/aromatic N) is 2. The lowest BCUT2D eigenvalue weighted by Crippen LogP contribution is -2.25. The molecule has 0 radical (unpaired) electrons. The Hall–Kier alpha value is -2.42. The number of H-pyrrole nitrogens is 1. The molecule has 2 N–H and O–H groups in total. The lowest BCUT2D eigenvalue weighted by molar-refractivity contribution is -0.144. The van der Waals surface area contributed by atoms with E-state index in [2.05, 4.69) is 15.4 Å². The molecule has 23 heavy (non-hydrogen) atoms. The van der Waals surface area contributed by atoms with Crippen molar-refractivity contribution in [2.24, 2.45) is 5.92 Å². The van der Waals surface area contributed by atoms with Gasteiger partial charge < -0.3 is 4.74 Å². The Bertz CT molecular complexity index is 643. The van der Waals surface area contributed by atoms with Crippen LogP contribution in [0.15, 0.2) is 30.3 Å². The van der Waals surface area contributed by atoms with E-state index in [1.807, 2.05) is 30.3 Å². The summed E-state index contributed by atoms with van der Waals surface area (Å²) in [5.41, 5.74) is 0.962. The zero-order valence-electron chi connectivity index (χ0n) is 12.2. The predicted octanol–water partition coefficient (Wildman–Crippen LogP) is 2.61. The minimum absolute atomic E-state index is 0.122. The SMILES string of the molecule is C[C@@H](COCc1ccccc1)C(=O)Nc1n[nH]c(C(F)(F)F)n1. The Morgan fingerprint density at radius 3 is 2.65 bits per heavy atom. The van der Waals surface area contributed by atoms with Crippen LogP contribution in [0.4, 0.5) is 19.1 Å². The van der Waals surface area contributed by atoms with E-state index >= 15 is 0 Å². The van der Waals surface area contributed by atoms with Gasteiger partial charge in [-0.25, -0.2) is 0 Å². The van der Waals surface area contributed by atoms with E-state index in [0.29, 0.717) is 6.61 Å². The molecule has 1 aromatic heterocycles. The van der Waals surface area contributed by atoms with E-state index in [9.17, 15) is 18.0 Å². The van der Waals surface area contributed by atoms with Crippen LogP contribution in [-0.4, -0.2) is 27.7 Å². The molecule has 2 aromatic rings. The normalized spacial score (nSPS) is 12.9. The molecule has 1 atom stereocenters. The molecule has 0 aliphatic carbocycles. The molecule has 0 saturated heterocycles. The number of ether oxygens (including phenoxy) is 1. The van der Waals surface area contributed by atoms with Gasteiger partial charge in [-0.05, 0) is 5.56 Å². The van der Waals surface area contributed by atoms with E-state index in [0.717, 1.165) is 5.56 Å². The molecular weight excluding hydrogens is 313 g/mol. The first-order chi connectivity index (χ1) is 10.9. The predicted molar refractivity (Wildman–Crippen MR) is 75.3 cm³/mol. The first-order valence-electron chi connectivity index (χ1n) is 6.78. The number of carbonyl (C=O) groups is 1. The van der Waals surface area contributed by atoms with Crippen LogP contribution >= 0.6 is 0 Å². The molecule has 0 aliphatic heterocycles. The van der Waals surface area contributed by atoms with E-state index < -0.39 is 29.8 Å². The van der Waals surface area contributed by atoms with Gasteiger partial charge >= 0.3 is 6.18 Å². The van der Waals surface area contributed by atoms with Crippen molar-refractivity contribution < 1.29 is 22.7 Å². The first kappa shape index (κ1) is 16.9. The van der Waals surface area contributed by atoms with Crippen LogP contribution in [-0.2, 0) is 22.3 Å². The molecule has 1 aromatic carbocycles.